The van der Waals surface area contributed by atoms with E-state index >= 15 is 0 Å². The molecule has 8 nitrogen and oxygen atoms in total. The lowest BCUT2D eigenvalue weighted by molar-refractivity contribution is -0.396. The molecule has 1 rings (SSSR count). The van der Waals surface area contributed by atoms with Crippen LogP contribution in [0.25, 0.3) is 0 Å². The number of ether oxygens (including phenoxy) is 1. The van der Waals surface area contributed by atoms with Gasteiger partial charge in [-0.3, -0.25) is 20.2 Å². The monoisotopic (exact) mass is 252 g/mol. The Morgan fingerprint density at radius 3 is 2.17 bits per heavy atom. The maximum Gasteiger partial charge on any atom is 0.330 e. The van der Waals surface area contributed by atoms with Gasteiger partial charge in [0.05, 0.1) is 9.85 Å². The zero-order chi connectivity index (χ0) is 13.7. The molecule has 0 spiro atoms. The van der Waals surface area contributed by atoms with Crippen molar-refractivity contribution in [3.8, 4) is 0 Å². The van der Waals surface area contributed by atoms with Crippen LogP contribution in [-0.2, 0) is 16.1 Å². The molecular formula is C10H8N2O6. The molecule has 0 aromatic heterocycles. The highest BCUT2D eigenvalue weighted by atomic mass is 16.6. The van der Waals surface area contributed by atoms with Gasteiger partial charge in [0.15, 0.2) is 0 Å². The van der Waals surface area contributed by atoms with E-state index in [1.165, 1.54) is 6.07 Å². The lowest BCUT2D eigenvalue weighted by atomic mass is 10.1. The number of nitro groups is 2. The van der Waals surface area contributed by atoms with Crippen LogP contribution in [0.5, 0.6) is 0 Å². The summed E-state index contributed by atoms with van der Waals surface area (Å²) in [5.41, 5.74) is -1.20. The second-order valence-corrected chi connectivity index (χ2v) is 3.10. The van der Waals surface area contributed by atoms with Crippen LogP contribution in [-0.4, -0.2) is 15.8 Å². The summed E-state index contributed by atoms with van der Waals surface area (Å²) in [5, 5.41) is 21.5. The molecule has 0 amide bonds. The Morgan fingerprint density at radius 2 is 1.78 bits per heavy atom. The molecule has 0 aliphatic rings. The average molecular weight is 252 g/mol. The molecule has 0 aliphatic heterocycles. The standard InChI is InChI=1S/C10H8N2O6/c1-2-10(13)18-6-7-8(11(14)15)4-3-5-9(7)12(16)17/h2-5H,1,6H2. The van der Waals surface area contributed by atoms with Gasteiger partial charge in [0.25, 0.3) is 11.4 Å². The lowest BCUT2D eigenvalue weighted by Gasteiger charge is -2.04. The zero-order valence-electron chi connectivity index (χ0n) is 9.07. The fourth-order valence-electron chi connectivity index (χ4n) is 1.26. The van der Waals surface area contributed by atoms with Crippen molar-refractivity contribution in [1.29, 1.82) is 0 Å². The molecule has 0 bridgehead atoms. The number of esters is 1. The van der Waals surface area contributed by atoms with Crippen LogP contribution in [0.15, 0.2) is 30.9 Å². The third-order valence-corrected chi connectivity index (χ3v) is 2.05. The van der Waals surface area contributed by atoms with Crippen molar-refractivity contribution in [2.24, 2.45) is 0 Å². The Hall–Kier alpha value is -2.77. The second kappa shape index (κ2) is 5.53. The van der Waals surface area contributed by atoms with Gasteiger partial charge in [-0.05, 0) is 6.07 Å². The minimum absolute atomic E-state index is 0.261. The van der Waals surface area contributed by atoms with E-state index in [4.69, 9.17) is 0 Å². The highest BCUT2D eigenvalue weighted by molar-refractivity contribution is 5.81. The third-order valence-electron chi connectivity index (χ3n) is 2.05. The summed E-state index contributed by atoms with van der Waals surface area (Å²) in [6, 6.07) is 3.39. The summed E-state index contributed by atoms with van der Waals surface area (Å²) in [6.45, 7) is 2.59. The highest BCUT2D eigenvalue weighted by Crippen LogP contribution is 2.28. The van der Waals surface area contributed by atoms with Crippen molar-refractivity contribution in [2.45, 2.75) is 6.61 Å². The maximum absolute atomic E-state index is 10.9. The predicted molar refractivity (Wildman–Crippen MR) is 59.7 cm³/mol. The van der Waals surface area contributed by atoms with Gasteiger partial charge in [-0.25, -0.2) is 4.79 Å². The summed E-state index contributed by atoms with van der Waals surface area (Å²) < 4.78 is 4.59. The molecule has 0 N–H and O–H groups in total. The number of nitrogens with zero attached hydrogens (tertiary/aromatic N) is 2. The Morgan fingerprint density at radius 1 is 1.28 bits per heavy atom. The van der Waals surface area contributed by atoms with Crippen LogP contribution in [0.1, 0.15) is 5.56 Å². The largest absolute Gasteiger partial charge is 0.457 e. The maximum atomic E-state index is 10.9. The van der Waals surface area contributed by atoms with Gasteiger partial charge in [0.2, 0.25) is 0 Å². The van der Waals surface area contributed by atoms with Gasteiger partial charge in [-0.15, -0.1) is 0 Å². The molecule has 0 aliphatic carbocycles. The van der Waals surface area contributed by atoms with Gasteiger partial charge in [0, 0.05) is 18.2 Å². The van der Waals surface area contributed by atoms with E-state index < -0.39 is 33.8 Å². The molecule has 0 saturated carbocycles. The summed E-state index contributed by atoms with van der Waals surface area (Å²) in [6.07, 6.45) is 0.862. The second-order valence-electron chi connectivity index (χ2n) is 3.10. The number of carbonyl (C=O) groups is 1. The normalized spacial score (nSPS) is 9.56. The molecule has 0 saturated heterocycles. The molecule has 8 heteroatoms. The Bertz CT molecular complexity index is 493. The Labute approximate surface area is 101 Å². The van der Waals surface area contributed by atoms with Crippen LogP contribution in [0.3, 0.4) is 0 Å². The number of hydrogen-bond donors (Lipinski definition) is 0. The Balaban J connectivity index is 3.18. The fraction of sp³-hybridized carbons (Fsp3) is 0.100. The van der Waals surface area contributed by atoms with Crippen LogP contribution in [0.2, 0.25) is 0 Å². The van der Waals surface area contributed by atoms with E-state index in [1.54, 1.807) is 0 Å². The summed E-state index contributed by atoms with van der Waals surface area (Å²) >= 11 is 0. The fourth-order valence-corrected chi connectivity index (χ4v) is 1.26. The molecule has 18 heavy (non-hydrogen) atoms. The number of hydrogen-bond acceptors (Lipinski definition) is 6. The lowest BCUT2D eigenvalue weighted by Crippen LogP contribution is -2.06. The van der Waals surface area contributed by atoms with Crippen molar-refractivity contribution >= 4 is 17.3 Å². The topological polar surface area (TPSA) is 113 Å². The van der Waals surface area contributed by atoms with E-state index in [2.05, 4.69) is 11.3 Å². The van der Waals surface area contributed by atoms with Crippen molar-refractivity contribution < 1.29 is 19.4 Å². The SMILES string of the molecule is C=CC(=O)OCc1c([N+](=O)[O-])cccc1[N+](=O)[O-]. The van der Waals surface area contributed by atoms with E-state index in [1.807, 2.05) is 0 Å². The van der Waals surface area contributed by atoms with Gasteiger partial charge >= 0.3 is 5.97 Å². The molecular weight excluding hydrogens is 244 g/mol. The van der Waals surface area contributed by atoms with Crippen LogP contribution in [0, 0.1) is 20.2 Å². The first-order chi connectivity index (χ1) is 8.47. The number of benzene rings is 1. The predicted octanol–water partition coefficient (Wildman–Crippen LogP) is 1.73. The molecule has 0 unspecified atom stereocenters. The quantitative estimate of drug-likeness (QED) is 0.341. The number of nitro benzene ring substituents is 2. The van der Waals surface area contributed by atoms with Gasteiger partial charge in [0.1, 0.15) is 12.2 Å². The zero-order valence-corrected chi connectivity index (χ0v) is 9.07. The molecule has 1 aromatic carbocycles. The first-order valence-corrected chi connectivity index (χ1v) is 4.67. The van der Waals surface area contributed by atoms with E-state index in [9.17, 15) is 25.0 Å². The number of carbonyl (C=O) groups excluding carboxylic acids is 1. The van der Waals surface area contributed by atoms with Crippen molar-refractivity contribution in [3.63, 3.8) is 0 Å². The minimum atomic E-state index is -0.817. The van der Waals surface area contributed by atoms with Gasteiger partial charge < -0.3 is 4.74 Å². The highest BCUT2D eigenvalue weighted by Gasteiger charge is 2.25. The molecule has 0 heterocycles. The van der Waals surface area contributed by atoms with E-state index in [-0.39, 0.29) is 5.56 Å². The summed E-state index contributed by atoms with van der Waals surface area (Å²) in [4.78, 5) is 30.8. The molecule has 1 aromatic rings. The van der Waals surface area contributed by atoms with E-state index in [0.717, 1.165) is 18.2 Å². The third kappa shape index (κ3) is 2.88. The van der Waals surface area contributed by atoms with E-state index in [0.29, 0.717) is 0 Å². The van der Waals surface area contributed by atoms with Crippen molar-refractivity contribution in [3.05, 3.63) is 56.6 Å². The first kappa shape index (κ1) is 13.3. The minimum Gasteiger partial charge on any atom is -0.457 e. The molecule has 0 atom stereocenters. The first-order valence-electron chi connectivity index (χ1n) is 4.67. The smallest absolute Gasteiger partial charge is 0.330 e. The van der Waals surface area contributed by atoms with Gasteiger partial charge in [-0.2, -0.15) is 0 Å². The summed E-state index contributed by atoms with van der Waals surface area (Å²) in [7, 11) is 0. The molecule has 0 radical (unpaired) electrons. The Kier molecular flexibility index (Phi) is 4.08. The van der Waals surface area contributed by atoms with Crippen LogP contribution in [0.4, 0.5) is 11.4 Å². The van der Waals surface area contributed by atoms with Gasteiger partial charge in [-0.1, -0.05) is 6.58 Å². The molecule has 0 fully saturated rings. The van der Waals surface area contributed by atoms with Crippen molar-refractivity contribution in [1.82, 2.24) is 0 Å². The number of rotatable bonds is 5. The van der Waals surface area contributed by atoms with Crippen LogP contribution < -0.4 is 0 Å². The van der Waals surface area contributed by atoms with Crippen LogP contribution >= 0.6 is 0 Å². The average Bonchev–Trinajstić information content (AvgIpc) is 2.34. The molecule has 94 valence electrons. The van der Waals surface area contributed by atoms with Crippen molar-refractivity contribution in [2.75, 3.05) is 0 Å². The summed E-state index contributed by atoms with van der Waals surface area (Å²) in [5.74, 6) is -0.817.